The van der Waals surface area contributed by atoms with Gasteiger partial charge in [-0.25, -0.2) is 8.42 Å². The Morgan fingerprint density at radius 1 is 1.00 bits per heavy atom. The van der Waals surface area contributed by atoms with Crippen LogP contribution < -0.4 is 5.32 Å². The van der Waals surface area contributed by atoms with Crippen molar-refractivity contribution in [2.45, 2.75) is 50.8 Å². The summed E-state index contributed by atoms with van der Waals surface area (Å²) in [6.45, 7) is 9.56. The van der Waals surface area contributed by atoms with Gasteiger partial charge in [-0.3, -0.25) is 0 Å². The Morgan fingerprint density at radius 3 is 2.44 bits per heavy atom. The molecule has 1 N–H and O–H groups in total. The zero-order chi connectivity index (χ0) is 22.6. The average molecular weight is 458 g/mol. The van der Waals surface area contributed by atoms with E-state index in [-0.39, 0.29) is 0 Å². The van der Waals surface area contributed by atoms with Crippen LogP contribution in [-0.4, -0.2) is 67.1 Å². The monoisotopic (exact) mass is 457 g/mol. The molecule has 174 valence electrons. The SMILES string of the molecule is Cc1ccc(-c2ccc(NCCN3CCC(C)CC3)nn2)cc1S(=O)(=O)N1CCCCC1. The lowest BCUT2D eigenvalue weighted by molar-refractivity contribution is 0.199. The molecule has 1 aromatic heterocycles. The van der Waals surface area contributed by atoms with Gasteiger partial charge in [-0.1, -0.05) is 25.5 Å². The summed E-state index contributed by atoms with van der Waals surface area (Å²) in [5.41, 5.74) is 2.21. The van der Waals surface area contributed by atoms with Crippen molar-refractivity contribution in [3.05, 3.63) is 35.9 Å². The lowest BCUT2D eigenvalue weighted by Crippen LogP contribution is -2.36. The van der Waals surface area contributed by atoms with Gasteiger partial charge in [0, 0.05) is 31.7 Å². The number of sulfonamides is 1. The highest BCUT2D eigenvalue weighted by atomic mass is 32.2. The largest absolute Gasteiger partial charge is 0.367 e. The van der Waals surface area contributed by atoms with Crippen LogP contribution in [0.3, 0.4) is 0 Å². The third-order valence-electron chi connectivity index (χ3n) is 6.69. The Bertz CT molecular complexity index is 996. The molecule has 2 aliphatic heterocycles. The first-order valence-electron chi connectivity index (χ1n) is 11.8. The fourth-order valence-electron chi connectivity index (χ4n) is 4.49. The normalized spacial score (nSPS) is 19.2. The molecule has 8 heteroatoms. The van der Waals surface area contributed by atoms with Gasteiger partial charge in [-0.2, -0.15) is 4.31 Å². The van der Waals surface area contributed by atoms with Gasteiger partial charge in [0.15, 0.2) is 0 Å². The standard InChI is InChI=1S/C24H35N5O2S/c1-19-10-15-28(16-11-19)17-12-25-24-9-8-22(26-27-24)21-7-6-20(2)23(18-21)32(30,31)29-13-4-3-5-14-29/h6-9,18-19H,3-5,10-17H2,1-2H3,(H,25,27). The van der Waals surface area contributed by atoms with E-state index in [0.29, 0.717) is 23.7 Å². The fourth-order valence-corrected chi connectivity index (χ4v) is 6.26. The van der Waals surface area contributed by atoms with Crippen LogP contribution in [0, 0.1) is 12.8 Å². The van der Waals surface area contributed by atoms with Crippen LogP contribution in [-0.2, 0) is 10.0 Å². The van der Waals surface area contributed by atoms with Crippen LogP contribution in [0.4, 0.5) is 5.82 Å². The van der Waals surface area contributed by atoms with Gasteiger partial charge in [0.05, 0.1) is 10.6 Å². The minimum atomic E-state index is -3.49. The molecule has 0 unspecified atom stereocenters. The van der Waals surface area contributed by atoms with Crippen molar-refractivity contribution in [2.24, 2.45) is 5.92 Å². The molecule has 0 saturated carbocycles. The zero-order valence-electron chi connectivity index (χ0n) is 19.3. The van der Waals surface area contributed by atoms with Crippen LogP contribution in [0.25, 0.3) is 11.3 Å². The third-order valence-corrected chi connectivity index (χ3v) is 8.73. The molecule has 2 aliphatic rings. The van der Waals surface area contributed by atoms with Gasteiger partial charge >= 0.3 is 0 Å². The third kappa shape index (κ3) is 5.47. The molecular formula is C24H35N5O2S. The summed E-state index contributed by atoms with van der Waals surface area (Å²) in [6.07, 6.45) is 5.50. The average Bonchev–Trinajstić information content (AvgIpc) is 2.82. The Kier molecular flexibility index (Phi) is 7.43. The molecule has 0 radical (unpaired) electrons. The van der Waals surface area contributed by atoms with Crippen molar-refractivity contribution in [3.8, 4) is 11.3 Å². The number of likely N-dealkylation sites (tertiary alicyclic amines) is 1. The van der Waals surface area contributed by atoms with Crippen LogP contribution in [0.2, 0.25) is 0 Å². The number of aromatic nitrogens is 2. The van der Waals surface area contributed by atoms with Crippen LogP contribution in [0.1, 0.15) is 44.6 Å². The lowest BCUT2D eigenvalue weighted by atomic mass is 9.99. The van der Waals surface area contributed by atoms with E-state index >= 15 is 0 Å². The molecule has 3 heterocycles. The fraction of sp³-hybridized carbons (Fsp3) is 0.583. The highest BCUT2D eigenvalue weighted by Gasteiger charge is 2.27. The van der Waals surface area contributed by atoms with E-state index in [1.54, 1.807) is 10.4 Å². The number of nitrogens with one attached hydrogen (secondary N) is 1. The first-order valence-corrected chi connectivity index (χ1v) is 13.3. The predicted octanol–water partition coefficient (Wildman–Crippen LogP) is 3.77. The predicted molar refractivity (Wildman–Crippen MR) is 128 cm³/mol. The molecule has 2 fully saturated rings. The van der Waals surface area contributed by atoms with Crippen molar-refractivity contribution in [1.29, 1.82) is 0 Å². The first-order chi connectivity index (χ1) is 15.4. The second-order valence-corrected chi connectivity index (χ2v) is 11.1. The van der Waals surface area contributed by atoms with Crippen molar-refractivity contribution in [2.75, 3.05) is 44.6 Å². The summed E-state index contributed by atoms with van der Waals surface area (Å²) in [7, 11) is -3.49. The van der Waals surface area contributed by atoms with E-state index < -0.39 is 10.0 Å². The number of rotatable bonds is 7. The summed E-state index contributed by atoms with van der Waals surface area (Å²) in [6, 6.07) is 9.34. The van der Waals surface area contributed by atoms with Crippen molar-refractivity contribution >= 4 is 15.8 Å². The Hall–Kier alpha value is -2.03. The van der Waals surface area contributed by atoms with Crippen molar-refractivity contribution in [1.82, 2.24) is 19.4 Å². The Morgan fingerprint density at radius 2 is 1.75 bits per heavy atom. The molecule has 7 nitrogen and oxygen atoms in total. The second-order valence-electron chi connectivity index (χ2n) is 9.20. The first kappa shape index (κ1) is 23.1. The number of aryl methyl sites for hydroxylation is 1. The van der Waals surface area contributed by atoms with E-state index in [9.17, 15) is 8.42 Å². The highest BCUT2D eigenvalue weighted by molar-refractivity contribution is 7.89. The summed E-state index contributed by atoms with van der Waals surface area (Å²) in [5, 5.41) is 12.0. The molecule has 32 heavy (non-hydrogen) atoms. The molecule has 4 rings (SSSR count). The summed E-state index contributed by atoms with van der Waals surface area (Å²) < 4.78 is 28.0. The van der Waals surface area contributed by atoms with Crippen molar-refractivity contribution in [3.63, 3.8) is 0 Å². The van der Waals surface area contributed by atoms with Gasteiger partial charge in [-0.05, 0) is 75.4 Å². The number of benzene rings is 1. The molecule has 0 atom stereocenters. The molecule has 0 aliphatic carbocycles. The van der Waals surface area contributed by atoms with Crippen LogP contribution in [0.5, 0.6) is 0 Å². The summed E-state index contributed by atoms with van der Waals surface area (Å²) >= 11 is 0. The number of anilines is 1. The molecular weight excluding hydrogens is 422 g/mol. The second kappa shape index (κ2) is 10.3. The Balaban J connectivity index is 1.41. The highest BCUT2D eigenvalue weighted by Crippen LogP contribution is 2.28. The van der Waals surface area contributed by atoms with Gasteiger partial charge in [0.25, 0.3) is 0 Å². The summed E-state index contributed by atoms with van der Waals surface area (Å²) in [4.78, 5) is 2.86. The van der Waals surface area contributed by atoms with E-state index in [0.717, 1.165) is 55.2 Å². The van der Waals surface area contributed by atoms with Crippen LogP contribution in [0.15, 0.2) is 35.2 Å². The molecule has 2 saturated heterocycles. The maximum absolute atomic E-state index is 13.2. The van der Waals surface area contributed by atoms with Crippen molar-refractivity contribution < 1.29 is 8.42 Å². The number of piperidine rings is 2. The molecule has 0 bridgehead atoms. The van der Waals surface area contributed by atoms with Crippen LogP contribution >= 0.6 is 0 Å². The number of hydrogen-bond donors (Lipinski definition) is 1. The lowest BCUT2D eigenvalue weighted by Gasteiger charge is -2.30. The molecule has 1 aromatic carbocycles. The van der Waals surface area contributed by atoms with E-state index in [1.165, 1.54) is 25.9 Å². The topological polar surface area (TPSA) is 78.4 Å². The summed E-state index contributed by atoms with van der Waals surface area (Å²) in [5.74, 6) is 1.59. The van der Waals surface area contributed by atoms with E-state index in [1.807, 2.05) is 31.2 Å². The maximum atomic E-state index is 13.2. The molecule has 0 spiro atoms. The maximum Gasteiger partial charge on any atom is 0.243 e. The van der Waals surface area contributed by atoms with E-state index in [2.05, 4.69) is 27.3 Å². The minimum Gasteiger partial charge on any atom is -0.367 e. The number of hydrogen-bond acceptors (Lipinski definition) is 6. The molecule has 2 aromatic rings. The van der Waals surface area contributed by atoms with Gasteiger partial charge in [0.2, 0.25) is 10.0 Å². The quantitative estimate of drug-likeness (QED) is 0.682. The van der Waals surface area contributed by atoms with Gasteiger partial charge in [0.1, 0.15) is 5.82 Å². The van der Waals surface area contributed by atoms with Gasteiger partial charge in [-0.15, -0.1) is 10.2 Å². The Labute approximate surface area is 192 Å². The zero-order valence-corrected chi connectivity index (χ0v) is 20.1. The van der Waals surface area contributed by atoms with Gasteiger partial charge < -0.3 is 10.2 Å². The minimum absolute atomic E-state index is 0.372. The number of nitrogens with zero attached hydrogens (tertiary/aromatic N) is 4. The molecule has 0 amide bonds. The smallest absolute Gasteiger partial charge is 0.243 e. The van der Waals surface area contributed by atoms with E-state index in [4.69, 9.17) is 0 Å².